The Morgan fingerprint density at radius 1 is 1.04 bits per heavy atom. The van der Waals surface area contributed by atoms with E-state index in [1.165, 1.54) is 6.07 Å². The van der Waals surface area contributed by atoms with Crippen LogP contribution < -0.4 is 15.4 Å². The highest BCUT2D eigenvalue weighted by Gasteiger charge is 2.17. The number of rotatable bonds is 7. The van der Waals surface area contributed by atoms with Gasteiger partial charge in [0.1, 0.15) is 0 Å². The molecule has 26 heavy (non-hydrogen) atoms. The molecule has 0 bridgehead atoms. The van der Waals surface area contributed by atoms with E-state index in [-0.39, 0.29) is 23.2 Å². The van der Waals surface area contributed by atoms with Gasteiger partial charge in [0.15, 0.2) is 0 Å². The van der Waals surface area contributed by atoms with Crippen molar-refractivity contribution in [2.45, 2.75) is 18.7 Å². The maximum Gasteiger partial charge on any atom is 0.262 e. The van der Waals surface area contributed by atoms with E-state index in [4.69, 9.17) is 0 Å². The standard InChI is InChI=1S/C18H23N3O3S.ClH/c1-13-7-8-14(2)17(11-13)25(23,24)21-16-6-4-5-15(12-16)18(22)20-10-9-19-3;/h4-8,11-12,19,21H,9-10H2,1-3H3,(H,20,22);1H. The lowest BCUT2D eigenvalue weighted by atomic mass is 10.2. The van der Waals surface area contributed by atoms with Crippen LogP contribution in [-0.4, -0.2) is 34.5 Å². The molecule has 0 saturated carbocycles. The van der Waals surface area contributed by atoms with E-state index in [2.05, 4.69) is 15.4 Å². The highest BCUT2D eigenvalue weighted by atomic mass is 35.5. The van der Waals surface area contributed by atoms with Crippen LogP contribution in [0.25, 0.3) is 0 Å². The molecule has 0 unspecified atom stereocenters. The number of anilines is 1. The smallest absolute Gasteiger partial charge is 0.262 e. The molecule has 142 valence electrons. The Morgan fingerprint density at radius 3 is 2.46 bits per heavy atom. The van der Waals surface area contributed by atoms with E-state index < -0.39 is 10.0 Å². The molecule has 6 nitrogen and oxygen atoms in total. The molecule has 2 aromatic carbocycles. The lowest BCUT2D eigenvalue weighted by molar-refractivity contribution is 0.0954. The summed E-state index contributed by atoms with van der Waals surface area (Å²) in [5.41, 5.74) is 2.28. The molecule has 0 aliphatic heterocycles. The molecule has 2 aromatic rings. The third-order valence-electron chi connectivity index (χ3n) is 3.67. The average molecular weight is 398 g/mol. The number of hydrogen-bond acceptors (Lipinski definition) is 4. The molecule has 0 aliphatic carbocycles. The summed E-state index contributed by atoms with van der Waals surface area (Å²) in [4.78, 5) is 12.3. The van der Waals surface area contributed by atoms with Crippen molar-refractivity contribution in [2.75, 3.05) is 24.9 Å². The summed E-state index contributed by atoms with van der Waals surface area (Å²) in [7, 11) is -1.92. The average Bonchev–Trinajstić information content (AvgIpc) is 2.57. The number of halogens is 1. The van der Waals surface area contributed by atoms with Gasteiger partial charge in [-0.3, -0.25) is 9.52 Å². The zero-order valence-electron chi connectivity index (χ0n) is 15.0. The Kier molecular flexibility index (Phi) is 8.08. The largest absolute Gasteiger partial charge is 0.351 e. The second-order valence-electron chi connectivity index (χ2n) is 5.81. The number of hydrogen-bond donors (Lipinski definition) is 3. The van der Waals surface area contributed by atoms with Gasteiger partial charge in [-0.05, 0) is 56.3 Å². The van der Waals surface area contributed by atoms with Crippen LogP contribution in [0.2, 0.25) is 0 Å². The first kappa shape index (κ1) is 22.0. The van der Waals surface area contributed by atoms with Crippen molar-refractivity contribution in [2.24, 2.45) is 0 Å². The van der Waals surface area contributed by atoms with Crippen molar-refractivity contribution in [1.82, 2.24) is 10.6 Å². The normalized spacial score (nSPS) is 10.7. The molecule has 3 N–H and O–H groups in total. The van der Waals surface area contributed by atoms with Gasteiger partial charge in [0.05, 0.1) is 4.90 Å². The van der Waals surface area contributed by atoms with Crippen LogP contribution in [0, 0.1) is 13.8 Å². The third kappa shape index (κ3) is 5.72. The second kappa shape index (κ2) is 9.56. The van der Waals surface area contributed by atoms with Crippen molar-refractivity contribution >= 4 is 34.0 Å². The maximum absolute atomic E-state index is 12.6. The fraction of sp³-hybridized carbons (Fsp3) is 0.278. The molecule has 0 atom stereocenters. The van der Waals surface area contributed by atoms with Crippen molar-refractivity contribution in [3.05, 3.63) is 59.2 Å². The van der Waals surface area contributed by atoms with Gasteiger partial charge in [-0.15, -0.1) is 12.4 Å². The highest BCUT2D eigenvalue weighted by molar-refractivity contribution is 7.92. The summed E-state index contributed by atoms with van der Waals surface area (Å²) in [5, 5.41) is 5.70. The van der Waals surface area contributed by atoms with Crippen molar-refractivity contribution < 1.29 is 13.2 Å². The molecule has 0 aliphatic rings. The zero-order valence-corrected chi connectivity index (χ0v) is 16.6. The lowest BCUT2D eigenvalue weighted by Gasteiger charge is -2.12. The number of benzene rings is 2. The van der Waals surface area contributed by atoms with E-state index >= 15 is 0 Å². The van der Waals surface area contributed by atoms with Crippen LogP contribution in [0.5, 0.6) is 0 Å². The molecular formula is C18H24ClN3O3S. The van der Waals surface area contributed by atoms with Gasteiger partial charge in [-0.2, -0.15) is 0 Å². The third-order valence-corrected chi connectivity index (χ3v) is 5.19. The fourth-order valence-electron chi connectivity index (χ4n) is 2.33. The van der Waals surface area contributed by atoms with Crippen molar-refractivity contribution in [3.63, 3.8) is 0 Å². The summed E-state index contributed by atoms with van der Waals surface area (Å²) in [6.45, 7) is 4.74. The Bertz CT molecular complexity index is 870. The SMILES string of the molecule is CNCCNC(=O)c1cccc(NS(=O)(=O)c2cc(C)ccc2C)c1.Cl. The molecular weight excluding hydrogens is 374 g/mol. The molecule has 0 radical (unpaired) electrons. The number of likely N-dealkylation sites (N-methyl/N-ethyl adjacent to an activating group) is 1. The fourth-order valence-corrected chi connectivity index (χ4v) is 3.71. The topological polar surface area (TPSA) is 87.3 Å². The zero-order chi connectivity index (χ0) is 18.4. The number of sulfonamides is 1. The van der Waals surface area contributed by atoms with E-state index in [1.54, 1.807) is 44.3 Å². The number of amides is 1. The molecule has 0 saturated heterocycles. The number of nitrogens with one attached hydrogen (secondary N) is 3. The minimum atomic E-state index is -3.72. The van der Waals surface area contributed by atoms with Crippen molar-refractivity contribution in [3.8, 4) is 0 Å². The number of carbonyl (C=O) groups excluding carboxylic acids is 1. The van der Waals surface area contributed by atoms with E-state index in [9.17, 15) is 13.2 Å². The summed E-state index contributed by atoms with van der Waals surface area (Å²) in [6.07, 6.45) is 0. The molecule has 1 amide bonds. The molecule has 0 aromatic heterocycles. The summed E-state index contributed by atoms with van der Waals surface area (Å²) >= 11 is 0. The van der Waals surface area contributed by atoms with Crippen LogP contribution in [-0.2, 0) is 10.0 Å². The molecule has 0 heterocycles. The maximum atomic E-state index is 12.6. The summed E-state index contributed by atoms with van der Waals surface area (Å²) in [5.74, 6) is -0.247. The van der Waals surface area contributed by atoms with Crippen LogP contribution in [0.4, 0.5) is 5.69 Å². The van der Waals surface area contributed by atoms with Crippen LogP contribution in [0.15, 0.2) is 47.4 Å². The first-order chi connectivity index (χ1) is 11.8. The van der Waals surface area contributed by atoms with Gasteiger partial charge in [0, 0.05) is 24.3 Å². The Hall–Kier alpha value is -2.09. The lowest BCUT2D eigenvalue weighted by Crippen LogP contribution is -2.30. The van der Waals surface area contributed by atoms with Crippen molar-refractivity contribution in [1.29, 1.82) is 0 Å². The Balaban J connectivity index is 0.00000338. The first-order valence-corrected chi connectivity index (χ1v) is 9.45. The monoisotopic (exact) mass is 397 g/mol. The Labute approximate surface area is 160 Å². The second-order valence-corrected chi connectivity index (χ2v) is 7.47. The highest BCUT2D eigenvalue weighted by Crippen LogP contribution is 2.21. The van der Waals surface area contributed by atoms with Gasteiger partial charge >= 0.3 is 0 Å². The summed E-state index contributed by atoms with van der Waals surface area (Å²) in [6, 6.07) is 11.7. The van der Waals surface area contributed by atoms with Crippen LogP contribution in [0.3, 0.4) is 0 Å². The molecule has 0 fully saturated rings. The molecule has 8 heteroatoms. The predicted molar refractivity (Wildman–Crippen MR) is 107 cm³/mol. The van der Waals surface area contributed by atoms with Gasteiger partial charge in [0.2, 0.25) is 0 Å². The predicted octanol–water partition coefficient (Wildman–Crippen LogP) is 2.48. The molecule has 2 rings (SSSR count). The van der Waals surface area contributed by atoms with Gasteiger partial charge in [-0.25, -0.2) is 8.42 Å². The van der Waals surface area contributed by atoms with Gasteiger partial charge < -0.3 is 10.6 Å². The van der Waals surface area contributed by atoms with E-state index in [0.717, 1.165) is 5.56 Å². The van der Waals surface area contributed by atoms with Gasteiger partial charge in [0.25, 0.3) is 15.9 Å². The number of carbonyl (C=O) groups is 1. The molecule has 0 spiro atoms. The number of aryl methyl sites for hydroxylation is 2. The minimum Gasteiger partial charge on any atom is -0.351 e. The van der Waals surface area contributed by atoms with E-state index in [1.807, 2.05) is 13.0 Å². The minimum absolute atomic E-state index is 0. The van der Waals surface area contributed by atoms with Gasteiger partial charge in [-0.1, -0.05) is 18.2 Å². The quantitative estimate of drug-likeness (QED) is 0.626. The summed E-state index contributed by atoms with van der Waals surface area (Å²) < 4.78 is 27.8. The van der Waals surface area contributed by atoms with Crippen LogP contribution in [0.1, 0.15) is 21.5 Å². The first-order valence-electron chi connectivity index (χ1n) is 7.96. The van der Waals surface area contributed by atoms with E-state index in [0.29, 0.717) is 29.9 Å². The Morgan fingerprint density at radius 2 is 1.77 bits per heavy atom. The van der Waals surface area contributed by atoms with Crippen LogP contribution >= 0.6 is 12.4 Å².